The highest BCUT2D eigenvalue weighted by molar-refractivity contribution is 5.83. The highest BCUT2D eigenvalue weighted by Crippen LogP contribution is 2.04. The van der Waals surface area contributed by atoms with E-state index >= 15 is 0 Å². The van der Waals surface area contributed by atoms with Crippen molar-refractivity contribution in [3.63, 3.8) is 0 Å². The molecule has 0 aliphatic rings. The number of hydrogen-bond donors (Lipinski definition) is 2. The summed E-state index contributed by atoms with van der Waals surface area (Å²) in [5, 5.41) is 5.45. The number of benzene rings is 2. The maximum absolute atomic E-state index is 12.0. The minimum Gasteiger partial charge on any atom is -0.467 e. The van der Waals surface area contributed by atoms with E-state index in [2.05, 4.69) is 10.6 Å². The van der Waals surface area contributed by atoms with E-state index in [0.29, 0.717) is 13.0 Å². The van der Waals surface area contributed by atoms with Gasteiger partial charge in [0.05, 0.1) is 7.11 Å². The summed E-state index contributed by atoms with van der Waals surface area (Å²) in [4.78, 5) is 23.9. The number of ether oxygens (including phenoxy) is 1. The fraction of sp³-hybridized carbons (Fsp3) is 0.263. The molecular formula is C19H22N2O3. The summed E-state index contributed by atoms with van der Waals surface area (Å²) < 4.78 is 4.78. The molecule has 0 unspecified atom stereocenters. The van der Waals surface area contributed by atoms with Crippen molar-refractivity contribution in [2.45, 2.75) is 18.9 Å². The third-order valence-corrected chi connectivity index (χ3v) is 3.62. The Bertz CT molecular complexity index is 644. The molecule has 0 aliphatic carbocycles. The van der Waals surface area contributed by atoms with Gasteiger partial charge in [0.2, 0.25) is 0 Å². The van der Waals surface area contributed by atoms with E-state index in [1.807, 2.05) is 60.7 Å². The molecule has 0 radical (unpaired) electrons. The van der Waals surface area contributed by atoms with Gasteiger partial charge < -0.3 is 15.4 Å². The maximum Gasteiger partial charge on any atom is 0.328 e. The van der Waals surface area contributed by atoms with Crippen LogP contribution in [0.15, 0.2) is 60.7 Å². The standard InChI is InChI=1S/C19H22N2O3/c1-24-18(22)17(14-16-10-6-3-7-11-16)21-19(23)20-13-12-15-8-4-2-5-9-15/h2-11,17H,12-14H2,1H3,(H2,20,21,23)/t17-/m1/s1. The lowest BCUT2D eigenvalue weighted by Crippen LogP contribution is -2.48. The summed E-state index contributed by atoms with van der Waals surface area (Å²) in [5.41, 5.74) is 2.10. The van der Waals surface area contributed by atoms with Crippen LogP contribution in [-0.2, 0) is 22.4 Å². The van der Waals surface area contributed by atoms with Crippen LogP contribution >= 0.6 is 0 Å². The van der Waals surface area contributed by atoms with Crippen molar-refractivity contribution in [1.82, 2.24) is 10.6 Å². The smallest absolute Gasteiger partial charge is 0.328 e. The molecule has 126 valence electrons. The van der Waals surface area contributed by atoms with Crippen LogP contribution in [0.5, 0.6) is 0 Å². The van der Waals surface area contributed by atoms with Gasteiger partial charge in [0, 0.05) is 13.0 Å². The zero-order valence-electron chi connectivity index (χ0n) is 13.7. The molecule has 0 saturated heterocycles. The van der Waals surface area contributed by atoms with Gasteiger partial charge in [-0.1, -0.05) is 60.7 Å². The molecule has 0 spiro atoms. The Kier molecular flexibility index (Phi) is 6.83. The van der Waals surface area contributed by atoms with Gasteiger partial charge in [0.15, 0.2) is 0 Å². The minimum absolute atomic E-state index is 0.378. The van der Waals surface area contributed by atoms with Gasteiger partial charge in [-0.3, -0.25) is 0 Å². The molecule has 2 aromatic carbocycles. The van der Waals surface area contributed by atoms with Crippen LogP contribution in [0.4, 0.5) is 4.79 Å². The van der Waals surface area contributed by atoms with Crippen molar-refractivity contribution >= 4 is 12.0 Å². The summed E-state index contributed by atoms with van der Waals surface area (Å²) in [5.74, 6) is -0.461. The predicted octanol–water partition coefficient (Wildman–Crippen LogP) is 2.31. The van der Waals surface area contributed by atoms with Gasteiger partial charge in [0.25, 0.3) is 0 Å². The van der Waals surface area contributed by atoms with Crippen LogP contribution in [0.25, 0.3) is 0 Å². The van der Waals surface area contributed by atoms with Crippen LogP contribution in [0.3, 0.4) is 0 Å². The molecular weight excluding hydrogens is 304 g/mol. The molecule has 2 rings (SSSR count). The van der Waals surface area contributed by atoms with Gasteiger partial charge in [-0.05, 0) is 17.5 Å². The van der Waals surface area contributed by atoms with Crippen molar-refractivity contribution in [3.8, 4) is 0 Å². The average Bonchev–Trinajstić information content (AvgIpc) is 2.62. The molecule has 2 N–H and O–H groups in total. The summed E-state index contributed by atoms with van der Waals surface area (Å²) in [6.45, 7) is 0.495. The number of amides is 2. The third kappa shape index (κ3) is 5.76. The monoisotopic (exact) mass is 326 g/mol. The molecule has 2 amide bonds. The Balaban J connectivity index is 1.84. The van der Waals surface area contributed by atoms with Crippen LogP contribution in [-0.4, -0.2) is 31.7 Å². The SMILES string of the molecule is COC(=O)[C@@H](Cc1ccccc1)NC(=O)NCCc1ccccc1. The molecule has 2 aromatic rings. The van der Waals surface area contributed by atoms with Crippen molar-refractivity contribution in [3.05, 3.63) is 71.8 Å². The largest absolute Gasteiger partial charge is 0.467 e. The van der Waals surface area contributed by atoms with Gasteiger partial charge in [-0.2, -0.15) is 0 Å². The first kappa shape index (κ1) is 17.5. The number of esters is 1. The topological polar surface area (TPSA) is 67.4 Å². The fourth-order valence-corrected chi connectivity index (χ4v) is 2.36. The minimum atomic E-state index is -0.714. The van der Waals surface area contributed by atoms with E-state index in [1.165, 1.54) is 7.11 Å². The number of carbonyl (C=O) groups is 2. The van der Waals surface area contributed by atoms with E-state index < -0.39 is 12.0 Å². The quantitative estimate of drug-likeness (QED) is 0.767. The Hall–Kier alpha value is -2.82. The first-order valence-electron chi connectivity index (χ1n) is 7.89. The van der Waals surface area contributed by atoms with Crippen LogP contribution in [0, 0.1) is 0 Å². The summed E-state index contributed by atoms with van der Waals surface area (Å²) in [6, 6.07) is 18.3. The molecule has 1 atom stereocenters. The Morgan fingerprint density at radius 3 is 2.12 bits per heavy atom. The molecule has 5 heteroatoms. The number of methoxy groups -OCH3 is 1. The van der Waals surface area contributed by atoms with Crippen molar-refractivity contribution in [2.24, 2.45) is 0 Å². The van der Waals surface area contributed by atoms with Gasteiger partial charge in [-0.25, -0.2) is 9.59 Å². The zero-order valence-corrected chi connectivity index (χ0v) is 13.7. The third-order valence-electron chi connectivity index (χ3n) is 3.62. The first-order valence-corrected chi connectivity index (χ1v) is 7.89. The van der Waals surface area contributed by atoms with Crippen LogP contribution in [0.2, 0.25) is 0 Å². The lowest BCUT2D eigenvalue weighted by atomic mass is 10.1. The van der Waals surface area contributed by atoms with E-state index in [9.17, 15) is 9.59 Å². The predicted molar refractivity (Wildman–Crippen MR) is 92.6 cm³/mol. The molecule has 0 bridgehead atoms. The summed E-state index contributed by atoms with van der Waals surface area (Å²) in [7, 11) is 1.31. The van der Waals surface area contributed by atoms with Gasteiger partial charge in [-0.15, -0.1) is 0 Å². The lowest BCUT2D eigenvalue weighted by Gasteiger charge is -2.17. The Morgan fingerprint density at radius 2 is 1.54 bits per heavy atom. The number of urea groups is 1. The van der Waals surface area contributed by atoms with E-state index in [4.69, 9.17) is 4.74 Å². The summed E-state index contributed by atoms with van der Waals surface area (Å²) >= 11 is 0. The molecule has 0 aliphatic heterocycles. The molecule has 5 nitrogen and oxygen atoms in total. The van der Waals surface area contributed by atoms with E-state index in [-0.39, 0.29) is 6.03 Å². The zero-order chi connectivity index (χ0) is 17.2. The van der Waals surface area contributed by atoms with Crippen molar-refractivity contribution in [2.75, 3.05) is 13.7 Å². The molecule has 0 fully saturated rings. The van der Waals surface area contributed by atoms with Gasteiger partial charge >= 0.3 is 12.0 Å². The Morgan fingerprint density at radius 1 is 0.958 bits per heavy atom. The molecule has 24 heavy (non-hydrogen) atoms. The van der Waals surface area contributed by atoms with Gasteiger partial charge in [0.1, 0.15) is 6.04 Å². The number of hydrogen-bond acceptors (Lipinski definition) is 3. The average molecular weight is 326 g/mol. The summed E-state index contributed by atoms with van der Waals surface area (Å²) in [6.07, 6.45) is 1.12. The number of rotatable bonds is 7. The van der Waals surface area contributed by atoms with Crippen molar-refractivity contribution in [1.29, 1.82) is 0 Å². The van der Waals surface area contributed by atoms with E-state index in [1.54, 1.807) is 0 Å². The van der Waals surface area contributed by atoms with E-state index in [0.717, 1.165) is 17.5 Å². The highest BCUT2D eigenvalue weighted by atomic mass is 16.5. The van der Waals surface area contributed by atoms with Crippen LogP contribution in [0.1, 0.15) is 11.1 Å². The lowest BCUT2D eigenvalue weighted by molar-refractivity contribution is -0.142. The fourth-order valence-electron chi connectivity index (χ4n) is 2.36. The first-order chi connectivity index (χ1) is 11.7. The second kappa shape index (κ2) is 9.35. The Labute approximate surface area is 142 Å². The highest BCUT2D eigenvalue weighted by Gasteiger charge is 2.21. The molecule has 0 saturated carbocycles. The second-order valence-electron chi connectivity index (χ2n) is 5.40. The normalized spacial score (nSPS) is 11.4. The molecule has 0 heterocycles. The van der Waals surface area contributed by atoms with Crippen molar-refractivity contribution < 1.29 is 14.3 Å². The number of carbonyl (C=O) groups excluding carboxylic acids is 2. The second-order valence-corrected chi connectivity index (χ2v) is 5.40. The molecule has 0 aromatic heterocycles. The van der Waals surface area contributed by atoms with Crippen LogP contribution < -0.4 is 10.6 Å². The number of nitrogens with one attached hydrogen (secondary N) is 2. The maximum atomic E-state index is 12.0.